The van der Waals surface area contributed by atoms with Crippen molar-refractivity contribution in [2.45, 2.75) is 43.9 Å². The summed E-state index contributed by atoms with van der Waals surface area (Å²) in [6.45, 7) is 7.38. The number of halogens is 4. The highest BCUT2D eigenvalue weighted by Crippen LogP contribution is 2.46. The minimum Gasteiger partial charge on any atom is -0.434 e. The molecule has 0 spiro atoms. The Hall–Kier alpha value is -3.25. The highest BCUT2D eigenvalue weighted by atomic mass is 19.3. The summed E-state index contributed by atoms with van der Waals surface area (Å²) < 4.78 is 70.1. The number of hydrogen-bond acceptors (Lipinski definition) is 7. The summed E-state index contributed by atoms with van der Waals surface area (Å²) in [6, 6.07) is 3.83. The van der Waals surface area contributed by atoms with Crippen LogP contribution < -0.4 is 15.5 Å². The van der Waals surface area contributed by atoms with Gasteiger partial charge in [0.15, 0.2) is 6.10 Å². The molecule has 1 amide bonds. The van der Waals surface area contributed by atoms with Crippen molar-refractivity contribution in [3.63, 3.8) is 0 Å². The van der Waals surface area contributed by atoms with Crippen LogP contribution in [0, 0.1) is 0 Å². The van der Waals surface area contributed by atoms with Crippen molar-refractivity contribution in [1.29, 1.82) is 0 Å². The zero-order valence-electron chi connectivity index (χ0n) is 19.7. The molecule has 2 aromatic rings. The standard InChI is InChI=1S/C24H25F4N5O3/c1-12(2)24(27,28)13-8-15(31-18(9-13)33-10-16-17(11-33)35-7-6-29-16)14-4-5-30-21-19(14)20(23(3,25)26)36-22(34)32-21/h4-5,8-9,16-17,20,29H,1,6-7,10-11H2,2-3H3,(H,30,32,34). The van der Waals surface area contributed by atoms with Crippen LogP contribution in [-0.2, 0) is 15.4 Å². The lowest BCUT2D eigenvalue weighted by Crippen LogP contribution is -2.47. The monoisotopic (exact) mass is 507 g/mol. The Balaban J connectivity index is 1.66. The number of anilines is 2. The number of carbonyl (C=O) groups is 1. The third kappa shape index (κ3) is 4.28. The molecule has 5 heterocycles. The Morgan fingerprint density at radius 2 is 2.03 bits per heavy atom. The second-order valence-electron chi connectivity index (χ2n) is 9.32. The average Bonchev–Trinajstić information content (AvgIpc) is 3.26. The maximum atomic E-state index is 15.2. The molecule has 3 atom stereocenters. The summed E-state index contributed by atoms with van der Waals surface area (Å²) >= 11 is 0. The third-order valence-electron chi connectivity index (χ3n) is 6.58. The molecule has 3 aliphatic heterocycles. The molecule has 3 aliphatic rings. The van der Waals surface area contributed by atoms with Crippen LogP contribution in [0.1, 0.15) is 31.1 Å². The van der Waals surface area contributed by atoms with Crippen molar-refractivity contribution >= 4 is 17.7 Å². The van der Waals surface area contributed by atoms with Crippen molar-refractivity contribution in [2.24, 2.45) is 0 Å². The van der Waals surface area contributed by atoms with Crippen molar-refractivity contribution in [3.05, 3.63) is 47.7 Å². The number of fused-ring (bicyclic) bond motifs is 2. The first-order valence-corrected chi connectivity index (χ1v) is 11.5. The van der Waals surface area contributed by atoms with Gasteiger partial charge in [0.05, 0.1) is 30.0 Å². The lowest BCUT2D eigenvalue weighted by Gasteiger charge is -2.31. The van der Waals surface area contributed by atoms with Gasteiger partial charge in [-0.15, -0.1) is 0 Å². The first-order chi connectivity index (χ1) is 16.9. The summed E-state index contributed by atoms with van der Waals surface area (Å²) in [4.78, 5) is 22.3. The van der Waals surface area contributed by atoms with E-state index >= 15 is 8.78 Å². The summed E-state index contributed by atoms with van der Waals surface area (Å²) in [6.07, 6.45) is -1.90. The molecule has 5 rings (SSSR count). The second kappa shape index (κ2) is 8.70. The number of ether oxygens (including phenoxy) is 2. The zero-order chi connectivity index (χ0) is 25.8. The number of amides is 1. The number of morpholine rings is 1. The number of alkyl halides is 4. The molecule has 0 aromatic carbocycles. The van der Waals surface area contributed by atoms with E-state index in [2.05, 4.69) is 27.2 Å². The van der Waals surface area contributed by atoms with Gasteiger partial charge in [-0.05, 0) is 30.7 Å². The fourth-order valence-corrected chi connectivity index (χ4v) is 4.73. The quantitative estimate of drug-likeness (QED) is 0.462. The molecular formula is C24H25F4N5O3. The SMILES string of the molecule is C=C(C)C(F)(F)c1cc(-c2ccnc3c2C(C(C)(F)F)OC(=O)N3)nc(N2CC3NCCOC3C2)c1. The number of pyridine rings is 2. The van der Waals surface area contributed by atoms with Gasteiger partial charge in [0, 0.05) is 43.9 Å². The summed E-state index contributed by atoms with van der Waals surface area (Å²) in [5.41, 5.74) is -0.794. The van der Waals surface area contributed by atoms with E-state index in [1.165, 1.54) is 25.3 Å². The van der Waals surface area contributed by atoms with Crippen LogP contribution in [0.15, 0.2) is 36.5 Å². The lowest BCUT2D eigenvalue weighted by molar-refractivity contribution is -0.0984. The van der Waals surface area contributed by atoms with Crippen LogP contribution in [-0.4, -0.2) is 60.4 Å². The van der Waals surface area contributed by atoms with E-state index in [4.69, 9.17) is 9.47 Å². The van der Waals surface area contributed by atoms with Crippen LogP contribution in [0.25, 0.3) is 11.3 Å². The Labute approximate surface area is 204 Å². The summed E-state index contributed by atoms with van der Waals surface area (Å²) in [5.74, 6) is -6.77. The number of nitrogens with zero attached hydrogens (tertiary/aromatic N) is 3. The summed E-state index contributed by atoms with van der Waals surface area (Å²) in [7, 11) is 0. The van der Waals surface area contributed by atoms with E-state index in [1.807, 2.05) is 4.90 Å². The van der Waals surface area contributed by atoms with Gasteiger partial charge < -0.3 is 19.7 Å². The second-order valence-corrected chi connectivity index (χ2v) is 9.32. The average molecular weight is 507 g/mol. The molecule has 12 heteroatoms. The molecular weight excluding hydrogens is 482 g/mol. The Bertz CT molecular complexity index is 1200. The van der Waals surface area contributed by atoms with Gasteiger partial charge in [-0.25, -0.2) is 23.5 Å². The fourth-order valence-electron chi connectivity index (χ4n) is 4.73. The summed E-state index contributed by atoms with van der Waals surface area (Å²) in [5, 5.41) is 5.66. The molecule has 2 saturated heterocycles. The van der Waals surface area contributed by atoms with Crippen LogP contribution in [0.3, 0.4) is 0 Å². The number of rotatable bonds is 5. The largest absolute Gasteiger partial charge is 0.434 e. The maximum absolute atomic E-state index is 15.2. The van der Waals surface area contributed by atoms with Crippen LogP contribution in [0.4, 0.5) is 34.0 Å². The van der Waals surface area contributed by atoms with Gasteiger partial charge in [-0.2, -0.15) is 8.78 Å². The lowest BCUT2D eigenvalue weighted by atomic mass is 9.94. The molecule has 0 bridgehead atoms. The Morgan fingerprint density at radius 1 is 1.25 bits per heavy atom. The molecule has 2 aromatic heterocycles. The molecule has 36 heavy (non-hydrogen) atoms. The molecule has 8 nitrogen and oxygen atoms in total. The first-order valence-electron chi connectivity index (χ1n) is 11.5. The van der Waals surface area contributed by atoms with Crippen molar-refractivity contribution in [3.8, 4) is 11.3 Å². The van der Waals surface area contributed by atoms with E-state index < -0.39 is 24.0 Å². The van der Waals surface area contributed by atoms with Gasteiger partial charge in [0.2, 0.25) is 0 Å². The molecule has 2 fully saturated rings. The zero-order valence-corrected chi connectivity index (χ0v) is 19.7. The predicted octanol–water partition coefficient (Wildman–Crippen LogP) is 4.25. The Kier molecular flexibility index (Phi) is 5.91. The van der Waals surface area contributed by atoms with Gasteiger partial charge in [0.25, 0.3) is 11.8 Å². The molecule has 192 valence electrons. The van der Waals surface area contributed by atoms with E-state index in [-0.39, 0.29) is 51.7 Å². The highest BCUT2D eigenvalue weighted by molar-refractivity contribution is 5.89. The molecule has 2 N–H and O–H groups in total. The van der Waals surface area contributed by atoms with E-state index in [1.54, 1.807) is 0 Å². The predicted molar refractivity (Wildman–Crippen MR) is 123 cm³/mol. The third-order valence-corrected chi connectivity index (χ3v) is 6.58. The van der Waals surface area contributed by atoms with Gasteiger partial charge in [-0.3, -0.25) is 5.32 Å². The smallest absolute Gasteiger partial charge is 0.413 e. The van der Waals surface area contributed by atoms with Gasteiger partial charge in [0.1, 0.15) is 11.6 Å². The molecule has 0 saturated carbocycles. The number of nitrogens with one attached hydrogen (secondary N) is 2. The number of allylic oxidation sites excluding steroid dienone is 1. The van der Waals surface area contributed by atoms with Crippen molar-refractivity contribution in [1.82, 2.24) is 15.3 Å². The minimum atomic E-state index is -3.47. The number of aromatic nitrogens is 2. The van der Waals surface area contributed by atoms with Crippen molar-refractivity contribution < 1.29 is 31.8 Å². The number of cyclic esters (lactones) is 1. The Morgan fingerprint density at radius 3 is 2.72 bits per heavy atom. The molecule has 0 radical (unpaired) electrons. The maximum Gasteiger partial charge on any atom is 0.413 e. The topological polar surface area (TPSA) is 88.6 Å². The molecule has 3 unspecified atom stereocenters. The van der Waals surface area contributed by atoms with E-state index in [0.29, 0.717) is 33.2 Å². The van der Waals surface area contributed by atoms with Crippen molar-refractivity contribution in [2.75, 3.05) is 36.5 Å². The first kappa shape index (κ1) is 24.4. The normalized spacial score (nSPS) is 24.0. The van der Waals surface area contributed by atoms with Gasteiger partial charge >= 0.3 is 6.09 Å². The number of carbonyl (C=O) groups excluding carboxylic acids is 1. The van der Waals surface area contributed by atoms with Crippen LogP contribution in [0.5, 0.6) is 0 Å². The van der Waals surface area contributed by atoms with Crippen LogP contribution in [0.2, 0.25) is 0 Å². The number of hydrogen-bond donors (Lipinski definition) is 2. The van der Waals surface area contributed by atoms with Crippen LogP contribution >= 0.6 is 0 Å². The minimum absolute atomic E-state index is 0.00904. The fraction of sp³-hybridized carbons (Fsp3) is 0.458. The van der Waals surface area contributed by atoms with Gasteiger partial charge in [-0.1, -0.05) is 6.58 Å². The van der Waals surface area contributed by atoms with E-state index in [0.717, 1.165) is 6.07 Å². The van der Waals surface area contributed by atoms with E-state index in [9.17, 15) is 13.6 Å². The highest BCUT2D eigenvalue weighted by Gasteiger charge is 2.45. The molecule has 0 aliphatic carbocycles.